The quantitative estimate of drug-likeness (QED) is 0.321. The normalized spacial score (nSPS) is 12.3. The smallest absolute Gasteiger partial charge is 0.405 e. The molecule has 0 aromatic heterocycles. The summed E-state index contributed by atoms with van der Waals surface area (Å²) in [4.78, 5) is 24.6. The SMILES string of the molecule is CCCCCOCCN(CCOc1ccc(CC(OCC)C(=O)O)cc1)C(=O)NCC(F)(F)F. The number of hydrogen-bond acceptors (Lipinski definition) is 5. The molecule has 1 aromatic rings. The van der Waals surface area contributed by atoms with E-state index in [2.05, 4.69) is 6.92 Å². The molecule has 8 nitrogen and oxygen atoms in total. The second-order valence-electron chi connectivity index (χ2n) is 7.56. The van der Waals surface area contributed by atoms with E-state index in [4.69, 9.17) is 14.2 Å². The maximum atomic E-state index is 12.5. The molecule has 0 spiro atoms. The summed E-state index contributed by atoms with van der Waals surface area (Å²) in [6.07, 6.45) is -2.30. The molecule has 34 heavy (non-hydrogen) atoms. The van der Waals surface area contributed by atoms with Crippen molar-refractivity contribution in [3.05, 3.63) is 29.8 Å². The van der Waals surface area contributed by atoms with Gasteiger partial charge < -0.3 is 29.5 Å². The Morgan fingerprint density at radius 1 is 1.06 bits per heavy atom. The van der Waals surface area contributed by atoms with Gasteiger partial charge in [-0.3, -0.25) is 0 Å². The molecule has 0 aliphatic rings. The number of ether oxygens (including phenoxy) is 3. The van der Waals surface area contributed by atoms with Crippen LogP contribution >= 0.6 is 0 Å². The van der Waals surface area contributed by atoms with E-state index in [1.54, 1.807) is 31.2 Å². The van der Waals surface area contributed by atoms with Crippen LogP contribution in [0.5, 0.6) is 5.75 Å². The molecule has 0 saturated carbocycles. The van der Waals surface area contributed by atoms with Gasteiger partial charge in [-0.2, -0.15) is 13.2 Å². The maximum Gasteiger partial charge on any atom is 0.405 e. The van der Waals surface area contributed by atoms with E-state index >= 15 is 0 Å². The standard InChI is InChI=1S/C23H35F3N2O6/c1-3-5-6-13-32-14-11-28(22(31)27-17-23(24,25)26)12-15-34-19-9-7-18(8-10-19)16-20(21(29)30)33-4-2/h7-10,20H,3-6,11-17H2,1-2H3,(H,27,31)(H,29,30). The Morgan fingerprint density at radius 2 is 1.74 bits per heavy atom. The molecule has 1 rings (SSSR count). The zero-order chi connectivity index (χ0) is 25.4. The van der Waals surface area contributed by atoms with Crippen molar-refractivity contribution in [3.8, 4) is 5.75 Å². The largest absolute Gasteiger partial charge is 0.492 e. The summed E-state index contributed by atoms with van der Waals surface area (Å²) in [6.45, 7) is 3.65. The van der Waals surface area contributed by atoms with Crippen molar-refractivity contribution >= 4 is 12.0 Å². The van der Waals surface area contributed by atoms with E-state index in [-0.39, 0.29) is 39.3 Å². The molecule has 1 unspecified atom stereocenters. The number of halogens is 3. The van der Waals surface area contributed by atoms with Gasteiger partial charge in [-0.15, -0.1) is 0 Å². The first kappa shape index (κ1) is 29.5. The summed E-state index contributed by atoms with van der Waals surface area (Å²) in [5, 5.41) is 11.0. The first-order valence-corrected chi connectivity index (χ1v) is 11.4. The lowest BCUT2D eigenvalue weighted by molar-refractivity contribution is -0.150. The van der Waals surface area contributed by atoms with Gasteiger partial charge in [-0.25, -0.2) is 9.59 Å². The van der Waals surface area contributed by atoms with Gasteiger partial charge in [0.15, 0.2) is 6.10 Å². The third-order valence-electron chi connectivity index (χ3n) is 4.74. The summed E-state index contributed by atoms with van der Waals surface area (Å²) in [5.74, 6) is -0.557. The highest BCUT2D eigenvalue weighted by Crippen LogP contribution is 2.15. The number of carboxylic acids is 1. The van der Waals surface area contributed by atoms with Crippen molar-refractivity contribution in [2.75, 3.05) is 46.1 Å². The summed E-state index contributed by atoms with van der Waals surface area (Å²) < 4.78 is 53.6. The minimum atomic E-state index is -4.50. The molecule has 1 atom stereocenters. The number of hydrogen-bond donors (Lipinski definition) is 2. The summed E-state index contributed by atoms with van der Waals surface area (Å²) in [6, 6.07) is 5.89. The van der Waals surface area contributed by atoms with Gasteiger partial charge >= 0.3 is 18.2 Å². The molecule has 0 bridgehead atoms. The number of urea groups is 1. The van der Waals surface area contributed by atoms with E-state index in [0.29, 0.717) is 12.4 Å². The van der Waals surface area contributed by atoms with Gasteiger partial charge in [-0.1, -0.05) is 31.9 Å². The van der Waals surface area contributed by atoms with Gasteiger partial charge in [-0.05, 0) is 31.0 Å². The number of carbonyl (C=O) groups excluding carboxylic acids is 1. The summed E-state index contributed by atoms with van der Waals surface area (Å²) >= 11 is 0. The molecule has 0 aliphatic heterocycles. The molecule has 0 aliphatic carbocycles. The molecular weight excluding hydrogens is 457 g/mol. The van der Waals surface area contributed by atoms with Crippen LogP contribution in [-0.4, -0.2) is 80.3 Å². The average Bonchev–Trinajstić information content (AvgIpc) is 2.78. The predicted molar refractivity (Wildman–Crippen MR) is 120 cm³/mol. The van der Waals surface area contributed by atoms with Crippen LogP contribution in [-0.2, 0) is 20.7 Å². The molecule has 11 heteroatoms. The van der Waals surface area contributed by atoms with E-state index < -0.39 is 30.8 Å². The third-order valence-corrected chi connectivity index (χ3v) is 4.74. The van der Waals surface area contributed by atoms with Gasteiger partial charge in [0.25, 0.3) is 0 Å². The van der Waals surface area contributed by atoms with Crippen molar-refractivity contribution in [2.24, 2.45) is 0 Å². The lowest BCUT2D eigenvalue weighted by Crippen LogP contribution is -2.46. The van der Waals surface area contributed by atoms with Gasteiger partial charge in [0, 0.05) is 26.2 Å². The van der Waals surface area contributed by atoms with Crippen LogP contribution in [0.1, 0.15) is 38.7 Å². The van der Waals surface area contributed by atoms with Crippen LogP contribution in [0.15, 0.2) is 24.3 Å². The van der Waals surface area contributed by atoms with Crippen molar-refractivity contribution in [1.29, 1.82) is 0 Å². The number of unbranched alkanes of at least 4 members (excludes halogenated alkanes) is 2. The predicted octanol–water partition coefficient (Wildman–Crippen LogP) is 3.88. The zero-order valence-corrected chi connectivity index (χ0v) is 19.7. The first-order valence-electron chi connectivity index (χ1n) is 11.4. The number of nitrogens with zero attached hydrogens (tertiary/aromatic N) is 1. The van der Waals surface area contributed by atoms with Crippen molar-refractivity contribution in [1.82, 2.24) is 10.2 Å². The fraction of sp³-hybridized carbons (Fsp3) is 0.652. The number of amides is 2. The molecule has 0 saturated heterocycles. The second kappa shape index (κ2) is 16.2. The Labute approximate surface area is 198 Å². The Kier molecular flexibility index (Phi) is 14.0. The van der Waals surface area contributed by atoms with Gasteiger partial charge in [0.2, 0.25) is 0 Å². The van der Waals surface area contributed by atoms with Gasteiger partial charge in [0.05, 0.1) is 13.2 Å². The van der Waals surface area contributed by atoms with Crippen LogP contribution in [0.4, 0.5) is 18.0 Å². The minimum Gasteiger partial charge on any atom is -0.492 e. The average molecular weight is 493 g/mol. The molecule has 2 amide bonds. The molecule has 2 N–H and O–H groups in total. The van der Waals surface area contributed by atoms with Crippen LogP contribution in [0.3, 0.4) is 0 Å². The van der Waals surface area contributed by atoms with E-state index in [1.165, 1.54) is 4.90 Å². The van der Waals surface area contributed by atoms with Crippen LogP contribution in [0.25, 0.3) is 0 Å². The number of benzene rings is 1. The highest BCUT2D eigenvalue weighted by Gasteiger charge is 2.28. The number of carbonyl (C=O) groups is 2. The summed E-state index contributed by atoms with van der Waals surface area (Å²) in [7, 11) is 0. The Hall–Kier alpha value is -2.53. The Morgan fingerprint density at radius 3 is 2.32 bits per heavy atom. The molecule has 0 heterocycles. The number of alkyl halides is 3. The van der Waals surface area contributed by atoms with Crippen molar-refractivity contribution in [3.63, 3.8) is 0 Å². The van der Waals surface area contributed by atoms with Crippen LogP contribution in [0.2, 0.25) is 0 Å². The van der Waals surface area contributed by atoms with Gasteiger partial charge in [0.1, 0.15) is 18.9 Å². The number of rotatable bonds is 17. The van der Waals surface area contributed by atoms with E-state index in [1.807, 2.05) is 5.32 Å². The number of aliphatic carboxylic acids is 1. The Balaban J connectivity index is 2.56. The molecule has 0 radical (unpaired) electrons. The monoisotopic (exact) mass is 492 g/mol. The Bertz CT molecular complexity index is 716. The summed E-state index contributed by atoms with van der Waals surface area (Å²) in [5.41, 5.74) is 0.751. The maximum absolute atomic E-state index is 12.5. The lowest BCUT2D eigenvalue weighted by Gasteiger charge is -2.23. The highest BCUT2D eigenvalue weighted by molar-refractivity contribution is 5.74. The number of carboxylic acid groups (broad SMARTS) is 1. The third kappa shape index (κ3) is 13.2. The fourth-order valence-corrected chi connectivity index (χ4v) is 2.96. The van der Waals surface area contributed by atoms with Crippen LogP contribution < -0.4 is 10.1 Å². The molecular formula is C23H35F3N2O6. The van der Waals surface area contributed by atoms with Crippen molar-refractivity contribution < 1.29 is 42.1 Å². The van der Waals surface area contributed by atoms with Crippen molar-refractivity contribution in [2.45, 2.75) is 51.8 Å². The lowest BCUT2D eigenvalue weighted by atomic mass is 10.1. The first-order chi connectivity index (χ1) is 16.2. The number of nitrogens with one attached hydrogen (secondary N) is 1. The van der Waals surface area contributed by atoms with E-state index in [9.17, 15) is 27.9 Å². The van der Waals surface area contributed by atoms with E-state index in [0.717, 1.165) is 24.8 Å². The molecule has 0 fully saturated rings. The molecule has 194 valence electrons. The molecule has 1 aromatic carbocycles. The van der Waals surface area contributed by atoms with Crippen LogP contribution in [0, 0.1) is 0 Å². The fourth-order valence-electron chi connectivity index (χ4n) is 2.96. The topological polar surface area (TPSA) is 97.3 Å². The zero-order valence-electron chi connectivity index (χ0n) is 19.7. The highest BCUT2D eigenvalue weighted by atomic mass is 19.4. The minimum absolute atomic E-state index is 0.0608. The second-order valence-corrected chi connectivity index (χ2v) is 7.56.